The summed E-state index contributed by atoms with van der Waals surface area (Å²) in [5.74, 6) is 0. The molecule has 0 unspecified atom stereocenters. The van der Waals surface area contributed by atoms with Gasteiger partial charge in [-0.1, -0.05) is 212 Å². The molecule has 0 saturated carbocycles. The summed E-state index contributed by atoms with van der Waals surface area (Å²) in [6.07, 6.45) is 0. The lowest BCUT2D eigenvalue weighted by atomic mass is 9.52. The number of aromatic nitrogens is 1. The summed E-state index contributed by atoms with van der Waals surface area (Å²) in [6, 6.07) is 99.8. The number of benzene rings is 11. The van der Waals surface area contributed by atoms with Gasteiger partial charge in [-0.05, 0) is 127 Å². The highest BCUT2D eigenvalue weighted by atomic mass is 15.1. The molecule has 0 saturated heterocycles. The number of hydrogen-bond acceptors (Lipinski definition) is 1. The van der Waals surface area contributed by atoms with Gasteiger partial charge in [0.05, 0.1) is 27.6 Å². The maximum atomic E-state index is 2.49. The van der Waals surface area contributed by atoms with Gasteiger partial charge in [0.1, 0.15) is 0 Å². The van der Waals surface area contributed by atoms with Crippen LogP contribution in [0, 0.1) is 0 Å². The van der Waals surface area contributed by atoms with Crippen LogP contribution in [0.5, 0.6) is 0 Å². The number of nitrogens with zero attached hydrogens (tertiary/aromatic N) is 2. The number of rotatable bonds is 5. The maximum absolute atomic E-state index is 2.49. The van der Waals surface area contributed by atoms with Gasteiger partial charge in [-0.15, -0.1) is 0 Å². The lowest BCUT2D eigenvalue weighted by molar-refractivity contribution is 0.633. The van der Waals surface area contributed by atoms with E-state index in [9.17, 15) is 0 Å². The van der Waals surface area contributed by atoms with Gasteiger partial charge in [-0.2, -0.15) is 0 Å². The third kappa shape index (κ3) is 5.07. The third-order valence-corrected chi connectivity index (χ3v) is 15.8. The number of para-hydroxylation sites is 3. The number of fused-ring (bicyclic) bond motifs is 19. The Morgan fingerprint density at radius 1 is 0.286 bits per heavy atom. The van der Waals surface area contributed by atoms with Gasteiger partial charge >= 0.3 is 0 Å². The van der Waals surface area contributed by atoms with Crippen molar-refractivity contribution in [3.8, 4) is 39.1 Å². The van der Waals surface area contributed by atoms with E-state index < -0.39 is 10.8 Å². The molecule has 1 heterocycles. The van der Waals surface area contributed by atoms with E-state index in [1.807, 2.05) is 0 Å². The van der Waals surface area contributed by atoms with E-state index >= 15 is 0 Å². The average Bonchev–Trinajstić information content (AvgIpc) is 4.04. The average molecular weight is 889 g/mol. The Labute approximate surface area is 407 Å². The van der Waals surface area contributed by atoms with E-state index in [1.54, 1.807) is 0 Å². The van der Waals surface area contributed by atoms with Crippen molar-refractivity contribution >= 4 is 38.9 Å². The van der Waals surface area contributed by atoms with Crippen molar-refractivity contribution in [3.63, 3.8) is 0 Å². The fourth-order valence-corrected chi connectivity index (χ4v) is 13.3. The monoisotopic (exact) mass is 888 g/mol. The predicted octanol–water partition coefficient (Wildman–Crippen LogP) is 17.0. The Morgan fingerprint density at radius 3 is 1.30 bits per heavy atom. The van der Waals surface area contributed by atoms with Gasteiger partial charge in [0.15, 0.2) is 0 Å². The lowest BCUT2D eigenvalue weighted by Gasteiger charge is -2.48. The zero-order chi connectivity index (χ0) is 46.0. The van der Waals surface area contributed by atoms with Gasteiger partial charge in [0.25, 0.3) is 0 Å². The molecular weight excluding hydrogens is 845 g/mol. The smallest absolute Gasteiger partial charge is 0.0720 e. The van der Waals surface area contributed by atoms with E-state index in [0.717, 1.165) is 33.9 Å². The first-order chi connectivity index (χ1) is 34.8. The zero-order valence-electron chi connectivity index (χ0n) is 38.3. The van der Waals surface area contributed by atoms with Crippen molar-refractivity contribution in [3.05, 3.63) is 311 Å². The maximum Gasteiger partial charge on any atom is 0.0720 e. The van der Waals surface area contributed by atoms with E-state index in [4.69, 9.17) is 0 Å². The van der Waals surface area contributed by atoms with E-state index in [-0.39, 0.29) is 0 Å². The molecule has 15 rings (SSSR count). The summed E-state index contributed by atoms with van der Waals surface area (Å²) in [5, 5.41) is 2.52. The van der Waals surface area contributed by atoms with Gasteiger partial charge in [0, 0.05) is 33.4 Å². The molecule has 0 aliphatic heterocycles. The Balaban J connectivity index is 0.955. The summed E-state index contributed by atoms with van der Waals surface area (Å²) < 4.78 is 2.41. The van der Waals surface area contributed by atoms with Crippen LogP contribution in [0.4, 0.5) is 17.1 Å². The van der Waals surface area contributed by atoms with Crippen LogP contribution in [0.2, 0.25) is 0 Å². The second kappa shape index (κ2) is 14.8. The molecule has 3 aliphatic carbocycles. The molecule has 2 spiro atoms. The largest absolute Gasteiger partial charge is 0.310 e. The standard InChI is InChI=1S/C68H44N2/c1-2-23-47(24-3-1)69(48-25-18-21-45(43-48)46-22-19-26-49(44-46)70-63-40-16-7-29-52(63)53-30-8-17-41-64(53)70)65-42-20-39-62-66(65)54-31-6-11-34-57(54)68(62)60-37-14-12-35-58(60)67(59-36-13-15-38-61(59)68)55-32-9-4-27-50(55)51-28-5-10-33-56(51)67/h1-44H. The highest BCUT2D eigenvalue weighted by molar-refractivity contribution is 6.09. The minimum absolute atomic E-state index is 0.490. The second-order valence-electron chi connectivity index (χ2n) is 19.1. The van der Waals surface area contributed by atoms with Crippen LogP contribution >= 0.6 is 0 Å². The van der Waals surface area contributed by atoms with Crippen LogP contribution in [-0.2, 0) is 10.8 Å². The van der Waals surface area contributed by atoms with Crippen LogP contribution in [0.1, 0.15) is 44.5 Å². The van der Waals surface area contributed by atoms with Gasteiger partial charge in [-0.3, -0.25) is 0 Å². The fourth-order valence-electron chi connectivity index (χ4n) is 13.3. The van der Waals surface area contributed by atoms with Gasteiger partial charge in [0.2, 0.25) is 0 Å². The molecule has 11 aromatic carbocycles. The van der Waals surface area contributed by atoms with Crippen LogP contribution in [-0.4, -0.2) is 4.57 Å². The molecule has 12 aromatic rings. The summed E-state index contributed by atoms with van der Waals surface area (Å²) in [5.41, 5.74) is 24.0. The predicted molar refractivity (Wildman–Crippen MR) is 289 cm³/mol. The van der Waals surface area contributed by atoms with Crippen molar-refractivity contribution in [1.82, 2.24) is 4.57 Å². The van der Waals surface area contributed by atoms with Crippen molar-refractivity contribution in [1.29, 1.82) is 0 Å². The van der Waals surface area contributed by atoms with Crippen LogP contribution in [0.3, 0.4) is 0 Å². The van der Waals surface area contributed by atoms with E-state index in [1.165, 1.54) is 88.6 Å². The molecule has 0 radical (unpaired) electrons. The Hall–Kier alpha value is -8.98. The van der Waals surface area contributed by atoms with Gasteiger partial charge < -0.3 is 9.47 Å². The molecular formula is C68H44N2. The van der Waals surface area contributed by atoms with Crippen LogP contribution in [0.25, 0.3) is 60.9 Å². The van der Waals surface area contributed by atoms with Crippen molar-refractivity contribution in [2.24, 2.45) is 0 Å². The summed E-state index contributed by atoms with van der Waals surface area (Å²) in [6.45, 7) is 0. The highest BCUT2D eigenvalue weighted by Crippen LogP contribution is 2.68. The molecule has 2 nitrogen and oxygen atoms in total. The molecule has 2 heteroatoms. The number of hydrogen-bond donors (Lipinski definition) is 0. The fraction of sp³-hybridized carbons (Fsp3) is 0.0294. The first-order valence-electron chi connectivity index (χ1n) is 24.4. The Bertz CT molecular complexity index is 3950. The van der Waals surface area contributed by atoms with Crippen molar-refractivity contribution < 1.29 is 0 Å². The molecule has 0 amide bonds. The zero-order valence-corrected chi connectivity index (χ0v) is 38.3. The first kappa shape index (κ1) is 39.1. The molecule has 0 N–H and O–H groups in total. The topological polar surface area (TPSA) is 8.17 Å². The highest BCUT2D eigenvalue weighted by Gasteiger charge is 2.59. The minimum Gasteiger partial charge on any atom is -0.310 e. The van der Waals surface area contributed by atoms with Gasteiger partial charge in [-0.25, -0.2) is 0 Å². The molecule has 0 atom stereocenters. The molecule has 3 aliphatic rings. The lowest BCUT2D eigenvalue weighted by Crippen LogP contribution is -2.43. The van der Waals surface area contributed by atoms with E-state index in [0.29, 0.717) is 0 Å². The normalized spacial score (nSPS) is 13.9. The first-order valence-corrected chi connectivity index (χ1v) is 24.4. The van der Waals surface area contributed by atoms with Crippen molar-refractivity contribution in [2.75, 3.05) is 4.90 Å². The molecule has 0 fully saturated rings. The van der Waals surface area contributed by atoms with Crippen LogP contribution < -0.4 is 4.90 Å². The minimum atomic E-state index is -0.593. The SMILES string of the molecule is c1ccc(N(c2cccc(-c3cccc(-n4c5ccccc5c5ccccc54)c3)c2)c2cccc3c2-c2ccccc2C32c3ccccc3C3(c4ccccc4-c4ccccc43)c3ccccc32)cc1. The second-order valence-corrected chi connectivity index (χ2v) is 19.1. The van der Waals surface area contributed by atoms with Crippen LogP contribution in [0.15, 0.2) is 267 Å². The van der Waals surface area contributed by atoms with Crippen molar-refractivity contribution in [2.45, 2.75) is 10.8 Å². The molecule has 70 heavy (non-hydrogen) atoms. The number of anilines is 3. The summed E-state index contributed by atoms with van der Waals surface area (Å²) in [7, 11) is 0. The Kier molecular flexibility index (Phi) is 8.24. The molecule has 326 valence electrons. The summed E-state index contributed by atoms with van der Waals surface area (Å²) in [4.78, 5) is 2.49. The Morgan fingerprint density at radius 2 is 0.700 bits per heavy atom. The van der Waals surface area contributed by atoms with E-state index in [2.05, 4.69) is 276 Å². The third-order valence-electron chi connectivity index (χ3n) is 15.8. The quantitative estimate of drug-likeness (QED) is 0.167. The summed E-state index contributed by atoms with van der Waals surface area (Å²) >= 11 is 0. The molecule has 1 aromatic heterocycles. The molecule has 0 bridgehead atoms.